The fourth-order valence-corrected chi connectivity index (χ4v) is 3.96. The summed E-state index contributed by atoms with van der Waals surface area (Å²) in [6, 6.07) is -0.0865. The Bertz CT molecular complexity index is 451. The predicted molar refractivity (Wildman–Crippen MR) is 98.7 cm³/mol. The number of nitrogens with zero attached hydrogens (tertiary/aromatic N) is 1. The topological polar surface area (TPSA) is 55.8 Å². The second-order valence-corrected chi connectivity index (χ2v) is 14.0. The molecule has 0 spiro atoms. The van der Waals surface area contributed by atoms with Gasteiger partial charge in [0.2, 0.25) is 0 Å². The van der Waals surface area contributed by atoms with Crippen molar-refractivity contribution in [3.05, 3.63) is 0 Å². The number of hydrogen-bond donors (Lipinski definition) is 0. The van der Waals surface area contributed by atoms with Gasteiger partial charge in [0.25, 0.3) is 0 Å². The summed E-state index contributed by atoms with van der Waals surface area (Å²) in [7, 11) is -1.89. The molecule has 6 heteroatoms. The first-order valence-corrected chi connectivity index (χ1v) is 11.8. The molecule has 24 heavy (non-hydrogen) atoms. The molecule has 0 aromatic carbocycles. The van der Waals surface area contributed by atoms with Crippen LogP contribution in [0.25, 0.3) is 0 Å². The molecule has 2 atom stereocenters. The summed E-state index contributed by atoms with van der Waals surface area (Å²) in [5, 5.41) is 0.128. The van der Waals surface area contributed by atoms with Gasteiger partial charge in [0.05, 0.1) is 6.10 Å². The fourth-order valence-electron chi connectivity index (χ4n) is 2.58. The summed E-state index contributed by atoms with van der Waals surface area (Å²) in [4.78, 5) is 25.2. The third kappa shape index (κ3) is 5.88. The third-order valence-electron chi connectivity index (χ3n) is 4.93. The summed E-state index contributed by atoms with van der Waals surface area (Å²) >= 11 is 0. The Hall–Kier alpha value is -0.883. The number of carbonyl (C=O) groups excluding carboxylic acids is 2. The molecule has 0 bridgehead atoms. The number of aldehydes is 1. The summed E-state index contributed by atoms with van der Waals surface area (Å²) in [6.45, 7) is 17.1. The molecule has 140 valence electrons. The van der Waals surface area contributed by atoms with Crippen LogP contribution in [-0.2, 0) is 14.0 Å². The van der Waals surface area contributed by atoms with Crippen LogP contribution in [0.3, 0.4) is 0 Å². The Morgan fingerprint density at radius 3 is 2.21 bits per heavy atom. The van der Waals surface area contributed by atoms with Crippen molar-refractivity contribution >= 4 is 20.7 Å². The molecule has 0 unspecified atom stereocenters. The molecule has 0 saturated carbocycles. The van der Waals surface area contributed by atoms with Crippen LogP contribution in [0.15, 0.2) is 0 Å². The van der Waals surface area contributed by atoms with E-state index in [1.807, 2.05) is 20.8 Å². The van der Waals surface area contributed by atoms with Crippen molar-refractivity contribution in [3.63, 3.8) is 0 Å². The van der Waals surface area contributed by atoms with Crippen LogP contribution in [0.4, 0.5) is 4.79 Å². The van der Waals surface area contributed by atoms with Gasteiger partial charge in [0.1, 0.15) is 11.9 Å². The Morgan fingerprint density at radius 2 is 1.75 bits per heavy atom. The number of rotatable bonds is 4. The van der Waals surface area contributed by atoms with E-state index in [9.17, 15) is 9.59 Å². The monoisotopic (exact) mass is 357 g/mol. The van der Waals surface area contributed by atoms with Crippen LogP contribution in [-0.4, -0.2) is 49.9 Å². The van der Waals surface area contributed by atoms with E-state index in [0.29, 0.717) is 13.0 Å². The molecule has 0 aliphatic carbocycles. The van der Waals surface area contributed by atoms with Gasteiger partial charge in [0, 0.05) is 19.0 Å². The minimum Gasteiger partial charge on any atom is -0.444 e. The van der Waals surface area contributed by atoms with Crippen molar-refractivity contribution in [2.24, 2.45) is 0 Å². The highest BCUT2D eigenvalue weighted by molar-refractivity contribution is 6.74. The second-order valence-electron chi connectivity index (χ2n) is 9.27. The van der Waals surface area contributed by atoms with Crippen molar-refractivity contribution in [1.82, 2.24) is 4.90 Å². The van der Waals surface area contributed by atoms with E-state index in [1.165, 1.54) is 0 Å². The first kappa shape index (κ1) is 21.2. The highest BCUT2D eigenvalue weighted by Gasteiger charge is 2.42. The molecular formula is C18H35NO4Si. The molecule has 0 aromatic rings. The molecule has 0 N–H and O–H groups in total. The molecule has 1 fully saturated rings. The Balaban J connectivity index is 2.85. The SMILES string of the molecule is CC(C)(C)OC(=O)N1C[C@@H](O[Si](C)(C)C(C)(C)C)CC[C@H]1CC=O. The van der Waals surface area contributed by atoms with E-state index in [1.54, 1.807) is 4.90 Å². The normalized spacial score (nSPS) is 23.1. The minimum absolute atomic E-state index is 0.0151. The lowest BCUT2D eigenvalue weighted by Crippen LogP contribution is -2.54. The lowest BCUT2D eigenvalue weighted by atomic mass is 9.98. The van der Waals surface area contributed by atoms with Crippen LogP contribution in [0, 0.1) is 0 Å². The lowest BCUT2D eigenvalue weighted by molar-refractivity contribution is -0.109. The number of carbonyl (C=O) groups is 2. The van der Waals surface area contributed by atoms with Crippen molar-refractivity contribution in [2.75, 3.05) is 6.54 Å². The van der Waals surface area contributed by atoms with Crippen LogP contribution >= 0.6 is 0 Å². The Kier molecular flexibility index (Phi) is 6.67. The van der Waals surface area contributed by atoms with Crippen molar-refractivity contribution in [2.45, 2.75) is 96.7 Å². The maximum absolute atomic E-state index is 12.6. The third-order valence-corrected chi connectivity index (χ3v) is 9.46. The average Bonchev–Trinajstić information content (AvgIpc) is 2.37. The van der Waals surface area contributed by atoms with E-state index in [2.05, 4.69) is 33.9 Å². The second kappa shape index (κ2) is 7.56. The molecule has 0 radical (unpaired) electrons. The van der Waals surface area contributed by atoms with Crippen LogP contribution < -0.4 is 0 Å². The average molecular weight is 358 g/mol. The van der Waals surface area contributed by atoms with Crippen LogP contribution in [0.1, 0.15) is 60.8 Å². The smallest absolute Gasteiger partial charge is 0.410 e. The largest absolute Gasteiger partial charge is 0.444 e. The first-order chi connectivity index (χ1) is 10.8. The molecule has 1 saturated heterocycles. The maximum atomic E-state index is 12.6. The van der Waals surface area contributed by atoms with Gasteiger partial charge in [-0.05, 0) is 51.7 Å². The zero-order valence-electron chi connectivity index (χ0n) is 16.6. The molecule has 1 aliphatic rings. The van der Waals surface area contributed by atoms with Crippen LogP contribution in [0.2, 0.25) is 18.1 Å². The Morgan fingerprint density at radius 1 is 1.17 bits per heavy atom. The Labute approximate surface area is 148 Å². The number of hydrogen-bond acceptors (Lipinski definition) is 4. The van der Waals surface area contributed by atoms with E-state index in [4.69, 9.17) is 9.16 Å². The van der Waals surface area contributed by atoms with Gasteiger partial charge in [-0.25, -0.2) is 4.79 Å². The molecule has 1 amide bonds. The standard InChI is InChI=1S/C18H35NO4Si/c1-17(2,3)22-16(21)19-13-15(10-9-14(19)11-12-20)23-24(7,8)18(4,5)6/h12,14-15H,9-11,13H2,1-8H3/t14-,15-/m0/s1. The first-order valence-electron chi connectivity index (χ1n) is 8.88. The zero-order valence-corrected chi connectivity index (χ0v) is 17.6. The number of amides is 1. The summed E-state index contributed by atoms with van der Waals surface area (Å²) in [5.74, 6) is 0. The lowest BCUT2D eigenvalue weighted by Gasteiger charge is -2.44. The molecule has 0 aromatic heterocycles. The van der Waals surface area contributed by atoms with Gasteiger partial charge in [0.15, 0.2) is 8.32 Å². The van der Waals surface area contributed by atoms with Crippen molar-refractivity contribution < 1.29 is 18.8 Å². The fraction of sp³-hybridized carbons (Fsp3) is 0.889. The van der Waals surface area contributed by atoms with E-state index in [-0.39, 0.29) is 23.3 Å². The van der Waals surface area contributed by atoms with Gasteiger partial charge < -0.3 is 18.9 Å². The number of ether oxygens (including phenoxy) is 1. The van der Waals surface area contributed by atoms with Gasteiger partial charge in [-0.3, -0.25) is 0 Å². The highest BCUT2D eigenvalue weighted by atomic mass is 28.4. The van der Waals surface area contributed by atoms with Crippen LogP contribution in [0.5, 0.6) is 0 Å². The van der Waals surface area contributed by atoms with Crippen molar-refractivity contribution in [3.8, 4) is 0 Å². The van der Waals surface area contributed by atoms with Gasteiger partial charge in [-0.1, -0.05) is 20.8 Å². The van der Waals surface area contributed by atoms with E-state index in [0.717, 1.165) is 19.1 Å². The summed E-state index contributed by atoms with van der Waals surface area (Å²) < 4.78 is 12.0. The molecular weight excluding hydrogens is 322 g/mol. The van der Waals surface area contributed by atoms with Crippen molar-refractivity contribution in [1.29, 1.82) is 0 Å². The highest BCUT2D eigenvalue weighted by Crippen LogP contribution is 2.38. The number of likely N-dealkylation sites (tertiary alicyclic amines) is 1. The van der Waals surface area contributed by atoms with Gasteiger partial charge >= 0.3 is 6.09 Å². The zero-order chi connectivity index (χ0) is 18.8. The quantitative estimate of drug-likeness (QED) is 0.554. The van der Waals surface area contributed by atoms with Gasteiger partial charge in [-0.15, -0.1) is 0 Å². The number of piperidine rings is 1. The minimum atomic E-state index is -1.89. The van der Waals surface area contributed by atoms with E-state index >= 15 is 0 Å². The molecule has 5 nitrogen and oxygen atoms in total. The maximum Gasteiger partial charge on any atom is 0.410 e. The predicted octanol–water partition coefficient (Wildman–Crippen LogP) is 4.37. The van der Waals surface area contributed by atoms with E-state index < -0.39 is 13.9 Å². The molecule has 1 aliphatic heterocycles. The summed E-state index contributed by atoms with van der Waals surface area (Å²) in [6.07, 6.45) is 2.56. The molecule has 1 heterocycles. The summed E-state index contributed by atoms with van der Waals surface area (Å²) in [5.41, 5.74) is -0.546. The van der Waals surface area contributed by atoms with Gasteiger partial charge in [-0.2, -0.15) is 0 Å². The molecule has 1 rings (SSSR count).